The third-order valence-corrected chi connectivity index (χ3v) is 7.23. The first-order valence-electron chi connectivity index (χ1n) is 13.9. The van der Waals surface area contributed by atoms with Crippen LogP contribution in [-0.4, -0.2) is 97.3 Å². The summed E-state index contributed by atoms with van der Waals surface area (Å²) < 4.78 is 13.5. The van der Waals surface area contributed by atoms with Gasteiger partial charge in [0.05, 0.1) is 19.8 Å². The lowest BCUT2D eigenvalue weighted by molar-refractivity contribution is -0.118. The molecule has 0 aliphatic carbocycles. The first-order chi connectivity index (χ1) is 20.8. The Kier molecular flexibility index (Phi) is 9.33. The molecule has 1 aliphatic heterocycles. The van der Waals surface area contributed by atoms with Crippen molar-refractivity contribution in [2.24, 2.45) is 5.73 Å². The van der Waals surface area contributed by atoms with Gasteiger partial charge in [-0.15, -0.1) is 0 Å². The lowest BCUT2D eigenvalue weighted by Crippen LogP contribution is -2.33. The van der Waals surface area contributed by atoms with Crippen molar-refractivity contribution in [1.82, 2.24) is 24.4 Å². The second-order valence-corrected chi connectivity index (χ2v) is 10.4. The van der Waals surface area contributed by atoms with Crippen molar-refractivity contribution in [3.63, 3.8) is 0 Å². The molecule has 8 N–H and O–H groups in total. The van der Waals surface area contributed by atoms with E-state index in [0.717, 1.165) is 16.7 Å². The van der Waals surface area contributed by atoms with Crippen molar-refractivity contribution >= 4 is 28.8 Å². The molecular weight excluding hydrogens is 556 g/mol. The number of fused-ring (bicyclic) bond motifs is 1. The third-order valence-electron chi connectivity index (χ3n) is 7.23. The number of carbonyl (C=O) groups excluding carboxylic acids is 1. The fourth-order valence-electron chi connectivity index (χ4n) is 5.08. The van der Waals surface area contributed by atoms with Crippen molar-refractivity contribution in [2.75, 3.05) is 44.4 Å². The van der Waals surface area contributed by atoms with Crippen molar-refractivity contribution < 1.29 is 29.6 Å². The molecule has 4 aromatic rings. The fraction of sp³-hybridized carbons (Fsp3) is 0.379. The number of aliphatic hydroxyl groups is 3. The van der Waals surface area contributed by atoms with E-state index < -0.39 is 31.1 Å². The number of nitrogens with two attached hydrogens (primary N) is 2. The number of carbonyl (C=O) groups is 1. The monoisotopic (exact) mass is 592 g/mol. The van der Waals surface area contributed by atoms with Gasteiger partial charge in [0.2, 0.25) is 11.9 Å². The molecule has 0 radical (unpaired) electrons. The van der Waals surface area contributed by atoms with Gasteiger partial charge >= 0.3 is 0 Å². The van der Waals surface area contributed by atoms with Crippen LogP contribution in [-0.2, 0) is 16.1 Å². The van der Waals surface area contributed by atoms with Gasteiger partial charge in [0.1, 0.15) is 30.4 Å². The zero-order valence-corrected chi connectivity index (χ0v) is 23.7. The van der Waals surface area contributed by atoms with Crippen LogP contribution in [0.2, 0.25) is 0 Å². The molecule has 1 amide bonds. The van der Waals surface area contributed by atoms with Gasteiger partial charge in [0, 0.05) is 18.7 Å². The third kappa shape index (κ3) is 6.68. The lowest BCUT2D eigenvalue weighted by Gasteiger charge is -2.20. The number of likely N-dealkylation sites (N-methyl/N-ethyl adjacent to an activating group) is 1. The number of hydrogen-bond acceptors (Lipinski definition) is 12. The predicted octanol–water partition coefficient (Wildman–Crippen LogP) is 0.485. The number of nitrogen functional groups attached to an aromatic ring is 1. The molecule has 228 valence electrons. The zero-order chi connectivity index (χ0) is 30.5. The summed E-state index contributed by atoms with van der Waals surface area (Å²) in [5, 5.41) is 34.0. The Bertz CT molecular complexity index is 1550. The summed E-state index contributed by atoms with van der Waals surface area (Å²) in [5.74, 6) is 0.735. The van der Waals surface area contributed by atoms with Crippen LogP contribution in [0.1, 0.15) is 18.2 Å². The van der Waals surface area contributed by atoms with E-state index in [2.05, 4.69) is 20.3 Å². The maximum absolute atomic E-state index is 11.2. The molecule has 0 spiro atoms. The standard InChI is InChI=1S/C29H36N8O6/c1-36(14-22(30)39)10-5-11-42-20-12-17(8-9-19(20)18-6-3-2-4-7-18)13-32-29-35-23-26(31)33-16-34-27(23)37(29)28-25(41)24(40)21(15-38)43-28/h2-4,6-9,12,16,21,24-25,28,38,40-41H,5,10-11,13-15H2,1H3,(H2,30,39)(H,32,35)(H2,31,33,34)/t21-,24-,25-,28-/m1/s1. The summed E-state index contributed by atoms with van der Waals surface area (Å²) in [4.78, 5) is 25.9. The quantitative estimate of drug-likeness (QED) is 0.117. The Morgan fingerprint density at radius 3 is 2.67 bits per heavy atom. The molecule has 0 bridgehead atoms. The molecule has 5 rings (SSSR count). The fourth-order valence-corrected chi connectivity index (χ4v) is 5.08. The van der Waals surface area contributed by atoms with Gasteiger partial charge in [0.15, 0.2) is 23.2 Å². The SMILES string of the molecule is CN(CCCOc1cc(CNc2nc3c(N)ncnc3n2[C@@H]2O[C@H](CO)[C@@H](O)[C@H]2O)ccc1-c1ccccc1)CC(N)=O. The minimum Gasteiger partial charge on any atom is -0.493 e. The van der Waals surface area contributed by atoms with Crippen molar-refractivity contribution in [2.45, 2.75) is 37.5 Å². The Morgan fingerprint density at radius 1 is 1.16 bits per heavy atom. The van der Waals surface area contributed by atoms with Crippen LogP contribution in [0.5, 0.6) is 5.75 Å². The molecule has 0 saturated carbocycles. The van der Waals surface area contributed by atoms with E-state index >= 15 is 0 Å². The highest BCUT2D eigenvalue weighted by Gasteiger charge is 2.45. The number of rotatable bonds is 13. The number of aromatic nitrogens is 4. The van der Waals surface area contributed by atoms with Gasteiger partial charge in [0.25, 0.3) is 0 Å². The Morgan fingerprint density at radius 2 is 1.95 bits per heavy atom. The van der Waals surface area contributed by atoms with Crippen LogP contribution < -0.4 is 21.5 Å². The van der Waals surface area contributed by atoms with Gasteiger partial charge in [-0.1, -0.05) is 42.5 Å². The maximum atomic E-state index is 11.2. The average molecular weight is 593 g/mol. The molecule has 14 nitrogen and oxygen atoms in total. The molecule has 14 heteroatoms. The molecule has 1 fully saturated rings. The van der Waals surface area contributed by atoms with Gasteiger partial charge in [-0.25, -0.2) is 15.0 Å². The largest absolute Gasteiger partial charge is 0.493 e. The number of aliphatic hydroxyl groups excluding tert-OH is 3. The van der Waals surface area contributed by atoms with Crippen LogP contribution in [0.15, 0.2) is 54.9 Å². The summed E-state index contributed by atoms with van der Waals surface area (Å²) in [7, 11) is 1.83. The lowest BCUT2D eigenvalue weighted by atomic mass is 10.0. The van der Waals surface area contributed by atoms with E-state index in [9.17, 15) is 20.1 Å². The zero-order valence-electron chi connectivity index (χ0n) is 23.7. The van der Waals surface area contributed by atoms with Gasteiger partial charge in [-0.05, 0) is 30.7 Å². The second kappa shape index (κ2) is 13.3. The highest BCUT2D eigenvalue weighted by Crippen LogP contribution is 2.36. The summed E-state index contributed by atoms with van der Waals surface area (Å²) >= 11 is 0. The van der Waals surface area contributed by atoms with Crippen LogP contribution in [0.4, 0.5) is 11.8 Å². The van der Waals surface area contributed by atoms with Gasteiger partial charge < -0.3 is 41.6 Å². The topological polar surface area (TPSA) is 207 Å². The van der Waals surface area contributed by atoms with E-state index in [1.165, 1.54) is 10.9 Å². The van der Waals surface area contributed by atoms with Crippen molar-refractivity contribution in [1.29, 1.82) is 0 Å². The minimum absolute atomic E-state index is 0.142. The number of hydrogen-bond donors (Lipinski definition) is 6. The maximum Gasteiger partial charge on any atom is 0.231 e. The number of amides is 1. The Balaban J connectivity index is 1.39. The molecule has 1 saturated heterocycles. The van der Waals surface area contributed by atoms with Gasteiger partial charge in [-0.3, -0.25) is 14.3 Å². The summed E-state index contributed by atoms with van der Waals surface area (Å²) in [6.07, 6.45) is -2.75. The van der Waals surface area contributed by atoms with Crippen LogP contribution in [0, 0.1) is 0 Å². The van der Waals surface area contributed by atoms with Crippen molar-refractivity contribution in [3.8, 4) is 16.9 Å². The normalized spacial score (nSPS) is 20.1. The van der Waals surface area contributed by atoms with E-state index in [1.807, 2.05) is 60.5 Å². The number of primary amides is 1. The van der Waals surface area contributed by atoms with E-state index in [4.69, 9.17) is 20.9 Å². The Labute approximate surface area is 247 Å². The molecule has 2 aromatic heterocycles. The van der Waals surface area contributed by atoms with Crippen LogP contribution in [0.25, 0.3) is 22.3 Å². The predicted molar refractivity (Wildman–Crippen MR) is 159 cm³/mol. The van der Waals surface area contributed by atoms with E-state index in [0.29, 0.717) is 43.0 Å². The summed E-state index contributed by atoms with van der Waals surface area (Å²) in [5.41, 5.74) is 14.7. The first-order valence-corrected chi connectivity index (χ1v) is 13.9. The van der Waals surface area contributed by atoms with E-state index in [1.54, 1.807) is 0 Å². The molecule has 4 atom stereocenters. The molecular formula is C29H36N8O6. The molecule has 2 aromatic carbocycles. The second-order valence-electron chi connectivity index (χ2n) is 10.4. The summed E-state index contributed by atoms with van der Waals surface area (Å²) in [6.45, 7) is 1.09. The number of imidazole rings is 1. The highest BCUT2D eigenvalue weighted by atomic mass is 16.6. The van der Waals surface area contributed by atoms with Crippen LogP contribution in [0.3, 0.4) is 0 Å². The minimum atomic E-state index is -1.35. The molecule has 0 unspecified atom stereocenters. The molecule has 43 heavy (non-hydrogen) atoms. The number of nitrogens with one attached hydrogen (secondary N) is 1. The first kappa shape index (κ1) is 30.1. The smallest absolute Gasteiger partial charge is 0.231 e. The van der Waals surface area contributed by atoms with E-state index in [-0.39, 0.29) is 24.2 Å². The van der Waals surface area contributed by atoms with Gasteiger partial charge in [-0.2, -0.15) is 0 Å². The van der Waals surface area contributed by atoms with Crippen LogP contribution >= 0.6 is 0 Å². The molecule has 3 heterocycles. The number of nitrogens with zero attached hydrogens (tertiary/aromatic N) is 5. The number of anilines is 2. The summed E-state index contributed by atoms with van der Waals surface area (Å²) in [6, 6.07) is 15.8. The average Bonchev–Trinajstić information content (AvgIpc) is 3.51. The van der Waals surface area contributed by atoms with Crippen molar-refractivity contribution in [3.05, 3.63) is 60.4 Å². The number of benzene rings is 2. The highest BCUT2D eigenvalue weighted by molar-refractivity contribution is 5.84. The molecule has 1 aliphatic rings. The Hall–Kier alpha value is -4.34. The number of ether oxygens (including phenoxy) is 2.